The normalized spacial score (nSPS) is 13.7. The topological polar surface area (TPSA) is 58.6 Å². The number of para-hydroxylation sites is 2. The standard InChI is InChI=1S/C25H21FN2O3/c1-16-7-11-18(12-8-16)22-23(27-20-5-3-4-6-21(20)31-2)25(30)28(24(22)29)15-17-9-13-19(26)14-10-17/h3-14,27H,15H2,1-2H3. The fraction of sp³-hybridized carbons (Fsp3) is 0.120. The second kappa shape index (κ2) is 8.44. The molecule has 3 aromatic carbocycles. The molecule has 0 unspecified atom stereocenters. The lowest BCUT2D eigenvalue weighted by Crippen LogP contribution is -2.32. The van der Waals surface area contributed by atoms with E-state index in [1.165, 1.54) is 24.1 Å². The summed E-state index contributed by atoms with van der Waals surface area (Å²) in [4.78, 5) is 27.8. The molecule has 0 saturated carbocycles. The van der Waals surface area contributed by atoms with Crippen molar-refractivity contribution in [2.75, 3.05) is 12.4 Å². The van der Waals surface area contributed by atoms with E-state index in [0.717, 1.165) is 5.56 Å². The molecule has 5 nitrogen and oxygen atoms in total. The number of amides is 2. The molecular formula is C25H21FN2O3. The van der Waals surface area contributed by atoms with Crippen molar-refractivity contribution in [1.29, 1.82) is 0 Å². The highest BCUT2D eigenvalue weighted by Gasteiger charge is 2.39. The van der Waals surface area contributed by atoms with Crippen LogP contribution in [0.25, 0.3) is 5.57 Å². The molecule has 0 bridgehead atoms. The lowest BCUT2D eigenvalue weighted by molar-refractivity contribution is -0.137. The van der Waals surface area contributed by atoms with E-state index in [9.17, 15) is 14.0 Å². The van der Waals surface area contributed by atoms with Crippen LogP contribution in [0.4, 0.5) is 10.1 Å². The first kappa shape index (κ1) is 20.3. The summed E-state index contributed by atoms with van der Waals surface area (Å²) in [5, 5.41) is 3.11. The number of carbonyl (C=O) groups is 2. The molecule has 31 heavy (non-hydrogen) atoms. The summed E-state index contributed by atoms with van der Waals surface area (Å²) in [5.74, 6) is -0.679. The first-order valence-corrected chi connectivity index (χ1v) is 9.80. The number of anilines is 1. The third-order valence-electron chi connectivity index (χ3n) is 5.13. The van der Waals surface area contributed by atoms with Crippen molar-refractivity contribution in [3.05, 3.63) is 101 Å². The largest absolute Gasteiger partial charge is 0.495 e. The number of rotatable bonds is 6. The predicted octanol–water partition coefficient (Wildman–Crippen LogP) is 4.53. The molecule has 1 aliphatic heterocycles. The van der Waals surface area contributed by atoms with E-state index >= 15 is 0 Å². The minimum absolute atomic E-state index is 0.0460. The predicted molar refractivity (Wildman–Crippen MR) is 117 cm³/mol. The van der Waals surface area contributed by atoms with Crippen LogP contribution in [0.2, 0.25) is 0 Å². The number of hydrogen-bond acceptors (Lipinski definition) is 4. The lowest BCUT2D eigenvalue weighted by Gasteiger charge is -2.16. The van der Waals surface area contributed by atoms with E-state index < -0.39 is 11.8 Å². The van der Waals surface area contributed by atoms with Crippen LogP contribution in [0.5, 0.6) is 5.75 Å². The van der Waals surface area contributed by atoms with Crippen molar-refractivity contribution in [2.45, 2.75) is 13.5 Å². The van der Waals surface area contributed by atoms with Crippen molar-refractivity contribution >= 4 is 23.1 Å². The fourth-order valence-electron chi connectivity index (χ4n) is 3.48. The molecular weight excluding hydrogens is 395 g/mol. The molecule has 4 rings (SSSR count). The number of ether oxygens (including phenoxy) is 1. The van der Waals surface area contributed by atoms with Crippen LogP contribution in [0.1, 0.15) is 16.7 Å². The number of nitrogens with one attached hydrogen (secondary N) is 1. The van der Waals surface area contributed by atoms with Gasteiger partial charge in [0.15, 0.2) is 0 Å². The van der Waals surface area contributed by atoms with Gasteiger partial charge in [0.2, 0.25) is 0 Å². The number of aryl methyl sites for hydroxylation is 1. The molecule has 0 fully saturated rings. The zero-order valence-corrected chi connectivity index (χ0v) is 17.2. The molecule has 2 amide bonds. The number of benzene rings is 3. The maximum atomic E-state index is 13.3. The van der Waals surface area contributed by atoms with Crippen LogP contribution in [-0.4, -0.2) is 23.8 Å². The quantitative estimate of drug-likeness (QED) is 0.600. The van der Waals surface area contributed by atoms with Crippen LogP contribution >= 0.6 is 0 Å². The maximum Gasteiger partial charge on any atom is 0.278 e. The number of methoxy groups -OCH3 is 1. The highest BCUT2D eigenvalue weighted by atomic mass is 19.1. The summed E-state index contributed by atoms with van der Waals surface area (Å²) in [6, 6.07) is 20.3. The van der Waals surface area contributed by atoms with Gasteiger partial charge in [-0.05, 0) is 42.3 Å². The summed E-state index contributed by atoms with van der Waals surface area (Å²) in [7, 11) is 1.54. The zero-order valence-electron chi connectivity index (χ0n) is 17.2. The average molecular weight is 416 g/mol. The van der Waals surface area contributed by atoms with Crippen LogP contribution < -0.4 is 10.1 Å². The number of carbonyl (C=O) groups excluding carboxylic acids is 2. The molecule has 1 N–H and O–H groups in total. The summed E-state index contributed by atoms with van der Waals surface area (Å²) in [6.07, 6.45) is 0. The minimum atomic E-state index is -0.448. The fourth-order valence-corrected chi connectivity index (χ4v) is 3.48. The first-order valence-electron chi connectivity index (χ1n) is 9.80. The second-order valence-corrected chi connectivity index (χ2v) is 7.26. The van der Waals surface area contributed by atoms with Crippen molar-refractivity contribution in [2.24, 2.45) is 0 Å². The van der Waals surface area contributed by atoms with Crippen LogP contribution in [0, 0.1) is 12.7 Å². The Hall–Kier alpha value is -3.93. The second-order valence-electron chi connectivity index (χ2n) is 7.26. The lowest BCUT2D eigenvalue weighted by atomic mass is 10.0. The molecule has 0 saturated heterocycles. The zero-order chi connectivity index (χ0) is 22.0. The third-order valence-corrected chi connectivity index (χ3v) is 5.13. The molecule has 156 valence electrons. The van der Waals surface area contributed by atoms with Gasteiger partial charge in [-0.25, -0.2) is 4.39 Å². The Balaban J connectivity index is 1.75. The first-order chi connectivity index (χ1) is 15.0. The summed E-state index contributed by atoms with van der Waals surface area (Å²) >= 11 is 0. The van der Waals surface area contributed by atoms with E-state index in [1.54, 1.807) is 24.3 Å². The van der Waals surface area contributed by atoms with Crippen molar-refractivity contribution < 1.29 is 18.7 Å². The van der Waals surface area contributed by atoms with E-state index in [1.807, 2.05) is 43.3 Å². The monoisotopic (exact) mass is 416 g/mol. The van der Waals surface area contributed by atoms with Gasteiger partial charge in [-0.1, -0.05) is 54.1 Å². The molecule has 6 heteroatoms. The number of imide groups is 1. The van der Waals surface area contributed by atoms with Gasteiger partial charge in [0.1, 0.15) is 17.3 Å². The Morgan fingerprint density at radius 3 is 2.26 bits per heavy atom. The Bertz CT molecular complexity index is 1170. The molecule has 0 atom stereocenters. The van der Waals surface area contributed by atoms with Gasteiger partial charge in [0.25, 0.3) is 11.8 Å². The van der Waals surface area contributed by atoms with Gasteiger partial charge < -0.3 is 10.1 Å². The number of halogens is 1. The smallest absolute Gasteiger partial charge is 0.278 e. The maximum absolute atomic E-state index is 13.3. The molecule has 1 heterocycles. The molecule has 0 radical (unpaired) electrons. The van der Waals surface area contributed by atoms with Crippen LogP contribution in [0.3, 0.4) is 0 Å². The molecule has 0 spiro atoms. The Kier molecular flexibility index (Phi) is 5.54. The highest BCUT2D eigenvalue weighted by Crippen LogP contribution is 2.34. The van der Waals surface area contributed by atoms with Gasteiger partial charge in [-0.15, -0.1) is 0 Å². The average Bonchev–Trinajstić information content (AvgIpc) is 3.00. The SMILES string of the molecule is COc1ccccc1NC1=C(c2ccc(C)cc2)C(=O)N(Cc2ccc(F)cc2)C1=O. The molecule has 3 aromatic rings. The van der Waals surface area contributed by atoms with E-state index in [4.69, 9.17) is 4.74 Å². The van der Waals surface area contributed by atoms with Crippen molar-refractivity contribution in [1.82, 2.24) is 4.90 Å². The number of hydrogen-bond donors (Lipinski definition) is 1. The molecule has 0 aromatic heterocycles. The minimum Gasteiger partial charge on any atom is -0.495 e. The van der Waals surface area contributed by atoms with Gasteiger partial charge in [-0.2, -0.15) is 0 Å². The van der Waals surface area contributed by atoms with Crippen molar-refractivity contribution in [3.8, 4) is 5.75 Å². The Morgan fingerprint density at radius 2 is 1.58 bits per heavy atom. The van der Waals surface area contributed by atoms with Gasteiger partial charge >= 0.3 is 0 Å². The summed E-state index contributed by atoms with van der Waals surface area (Å²) in [5.41, 5.74) is 3.39. The van der Waals surface area contributed by atoms with Crippen LogP contribution in [-0.2, 0) is 16.1 Å². The molecule has 1 aliphatic rings. The Labute approximate surface area is 179 Å². The highest BCUT2D eigenvalue weighted by molar-refractivity contribution is 6.36. The van der Waals surface area contributed by atoms with Gasteiger partial charge in [0.05, 0.1) is 24.9 Å². The van der Waals surface area contributed by atoms with Gasteiger partial charge in [0, 0.05) is 0 Å². The van der Waals surface area contributed by atoms with Crippen LogP contribution in [0.15, 0.2) is 78.5 Å². The van der Waals surface area contributed by atoms with E-state index in [0.29, 0.717) is 22.6 Å². The summed E-state index contributed by atoms with van der Waals surface area (Å²) in [6.45, 7) is 2.00. The van der Waals surface area contributed by atoms with E-state index in [2.05, 4.69) is 5.32 Å². The Morgan fingerprint density at radius 1 is 0.903 bits per heavy atom. The van der Waals surface area contributed by atoms with Crippen molar-refractivity contribution in [3.63, 3.8) is 0 Å². The van der Waals surface area contributed by atoms with Gasteiger partial charge in [-0.3, -0.25) is 14.5 Å². The molecule has 0 aliphatic carbocycles. The van der Waals surface area contributed by atoms with E-state index in [-0.39, 0.29) is 23.6 Å². The number of nitrogens with zero attached hydrogens (tertiary/aromatic N) is 1. The summed E-state index contributed by atoms with van der Waals surface area (Å²) < 4.78 is 18.6. The third kappa shape index (κ3) is 4.05.